The lowest BCUT2D eigenvalue weighted by Crippen LogP contribution is -2.60. The highest BCUT2D eigenvalue weighted by Crippen LogP contribution is 2.42. The molecule has 0 radical (unpaired) electrons. The molecule has 51 heavy (non-hydrogen) atoms. The monoisotopic (exact) mass is 812 g/mol. The molecule has 6 rings (SSSR count). The van der Waals surface area contributed by atoms with Crippen molar-refractivity contribution in [3.05, 3.63) is 120 Å². The number of alkyl halides is 1. The molecule has 0 N–H and O–H groups in total. The molecule has 0 aliphatic carbocycles. The van der Waals surface area contributed by atoms with Crippen molar-refractivity contribution in [2.75, 3.05) is 17.6 Å². The van der Waals surface area contributed by atoms with Crippen molar-refractivity contribution < 1.29 is 42.7 Å². The fourth-order valence-electron chi connectivity index (χ4n) is 7.00. The fraction of sp³-hybridized carbons (Fsp3) is 0.488. The first kappa shape index (κ1) is 37.9. The van der Waals surface area contributed by atoms with E-state index in [1.165, 1.54) is 12.3 Å². The molecule has 3 fully saturated rings. The Kier molecular flexibility index (Phi) is 14.0. The number of hydrogen-bond donors (Lipinski definition) is 0. The third-order valence-corrected chi connectivity index (χ3v) is 11.2. The van der Waals surface area contributed by atoms with Gasteiger partial charge in [-0.1, -0.05) is 114 Å². The first-order valence-corrected chi connectivity index (χ1v) is 19.4. The second kappa shape index (κ2) is 18.8. The zero-order chi connectivity index (χ0) is 35.5. The Morgan fingerprint density at radius 1 is 0.784 bits per heavy atom. The normalized spacial score (nSPS) is 30.6. The first-order chi connectivity index (χ1) is 24.9. The molecule has 274 valence electrons. The molecule has 3 aromatic carbocycles. The van der Waals surface area contributed by atoms with Crippen LogP contribution in [0.4, 0.5) is 0 Å². The molecule has 3 saturated heterocycles. The molecule has 0 saturated carbocycles. The summed E-state index contributed by atoms with van der Waals surface area (Å²) in [7, 11) is 0. The Bertz CT molecular complexity index is 1510. The number of ether oxygens (including phenoxy) is 8. The van der Waals surface area contributed by atoms with Gasteiger partial charge in [-0.25, -0.2) is 4.79 Å². The quantitative estimate of drug-likeness (QED) is 0.0523. The Morgan fingerprint density at radius 3 is 1.98 bits per heavy atom. The molecule has 0 unspecified atom stereocenters. The summed E-state index contributed by atoms with van der Waals surface area (Å²) in [6.45, 7) is 5.88. The van der Waals surface area contributed by atoms with Crippen LogP contribution in [-0.2, 0) is 62.5 Å². The van der Waals surface area contributed by atoms with Crippen LogP contribution >= 0.6 is 22.6 Å². The van der Waals surface area contributed by atoms with Gasteiger partial charge in [-0.3, -0.25) is 0 Å². The molecule has 3 aromatic rings. The van der Waals surface area contributed by atoms with Crippen molar-refractivity contribution in [1.82, 2.24) is 0 Å². The Morgan fingerprint density at radius 2 is 1.37 bits per heavy atom. The van der Waals surface area contributed by atoms with Gasteiger partial charge in [0.25, 0.3) is 0 Å². The molecule has 3 heterocycles. The minimum absolute atomic E-state index is 0.220. The van der Waals surface area contributed by atoms with Crippen LogP contribution in [0.5, 0.6) is 0 Å². The molecular formula is C41H49IO9. The first-order valence-electron chi connectivity index (χ1n) is 17.9. The second-order valence-electron chi connectivity index (χ2n) is 13.5. The molecular weight excluding hydrogens is 763 g/mol. The van der Waals surface area contributed by atoms with Gasteiger partial charge in [0.05, 0.1) is 75.9 Å². The number of fused-ring (bicyclic) bond motifs is 2. The van der Waals surface area contributed by atoms with Crippen LogP contribution in [0.1, 0.15) is 49.8 Å². The summed E-state index contributed by atoms with van der Waals surface area (Å²) >= 11 is 2.35. The maximum atomic E-state index is 12.1. The van der Waals surface area contributed by atoms with Crippen molar-refractivity contribution in [1.29, 1.82) is 0 Å². The van der Waals surface area contributed by atoms with E-state index in [0.717, 1.165) is 16.7 Å². The maximum Gasteiger partial charge on any atom is 0.333 e. The van der Waals surface area contributed by atoms with E-state index in [1.807, 2.05) is 54.6 Å². The third-order valence-electron chi connectivity index (χ3n) is 9.73. The zero-order valence-corrected chi connectivity index (χ0v) is 31.5. The second-order valence-corrected chi connectivity index (χ2v) is 14.3. The number of halogens is 1. The van der Waals surface area contributed by atoms with Crippen molar-refractivity contribution in [3.8, 4) is 0 Å². The minimum atomic E-state index is -0.697. The lowest BCUT2D eigenvalue weighted by molar-refractivity contribution is -0.282. The standard InChI is InChI=1S/C41H49IO9/c1-3-45-39(43)19-20-46-38-23-35(48-26-31-17-11-6-12-18-31)40-36(51-41(38,2)28-42)22-33-34(50-40)21-32(47-25-30-15-9-5-10-16-30)37(49-33)27-44-24-29-13-7-4-8-14-29/h4-20,32-38,40H,3,21-28H2,1-2H3/b20-19+/t32-,33-,34+,35-,36+,37+,38+,40-,41-/m0/s1. The van der Waals surface area contributed by atoms with E-state index in [2.05, 4.69) is 65.9 Å². The average Bonchev–Trinajstić information content (AvgIpc) is 3.27. The lowest BCUT2D eigenvalue weighted by Gasteiger charge is -2.49. The predicted molar refractivity (Wildman–Crippen MR) is 200 cm³/mol. The summed E-state index contributed by atoms with van der Waals surface area (Å²) < 4.78 is 52.3. The summed E-state index contributed by atoms with van der Waals surface area (Å²) in [6.07, 6.45) is 2.08. The van der Waals surface area contributed by atoms with Crippen LogP contribution in [-0.4, -0.2) is 78.0 Å². The SMILES string of the molecule is CCOC(=O)/C=C/O[C@@H]1C[C@H](OCc2ccccc2)[C@@H]2O[C@@H]3C[C@H](OCc4ccccc4)[C@@H](COCc4ccccc4)O[C@H]3C[C@H]2O[C@@]1(C)CI. The van der Waals surface area contributed by atoms with E-state index >= 15 is 0 Å². The van der Waals surface area contributed by atoms with Crippen LogP contribution in [0.2, 0.25) is 0 Å². The summed E-state index contributed by atoms with van der Waals surface area (Å²) in [5, 5.41) is 0. The van der Waals surface area contributed by atoms with E-state index in [0.29, 0.717) is 56.7 Å². The van der Waals surface area contributed by atoms with Crippen molar-refractivity contribution in [3.63, 3.8) is 0 Å². The number of rotatable bonds is 15. The Balaban J connectivity index is 1.21. The van der Waals surface area contributed by atoms with E-state index in [-0.39, 0.29) is 42.7 Å². The number of carbonyl (C=O) groups is 1. The van der Waals surface area contributed by atoms with Gasteiger partial charge in [-0.2, -0.15) is 0 Å². The van der Waals surface area contributed by atoms with Gasteiger partial charge in [-0.05, 0) is 30.5 Å². The average molecular weight is 813 g/mol. The smallest absolute Gasteiger partial charge is 0.333 e. The van der Waals surface area contributed by atoms with E-state index < -0.39 is 17.7 Å². The molecule has 9 nitrogen and oxygen atoms in total. The molecule has 0 aromatic heterocycles. The topological polar surface area (TPSA) is 90.9 Å². The van der Waals surface area contributed by atoms with Gasteiger partial charge in [0, 0.05) is 23.7 Å². The molecule has 0 bridgehead atoms. The summed E-state index contributed by atoms with van der Waals surface area (Å²) in [5.41, 5.74) is 2.58. The Labute approximate surface area is 315 Å². The van der Waals surface area contributed by atoms with Gasteiger partial charge >= 0.3 is 5.97 Å². The number of hydrogen-bond acceptors (Lipinski definition) is 9. The highest BCUT2D eigenvalue weighted by atomic mass is 127. The molecule has 0 spiro atoms. The molecule has 3 aliphatic rings. The van der Waals surface area contributed by atoms with E-state index in [4.69, 9.17) is 37.9 Å². The van der Waals surface area contributed by atoms with Crippen molar-refractivity contribution >= 4 is 28.6 Å². The highest BCUT2D eigenvalue weighted by Gasteiger charge is 2.54. The summed E-state index contributed by atoms with van der Waals surface area (Å²) in [6, 6.07) is 30.4. The molecule has 3 aliphatic heterocycles. The predicted octanol–water partition coefficient (Wildman–Crippen LogP) is 7.13. The number of esters is 1. The highest BCUT2D eigenvalue weighted by molar-refractivity contribution is 14.1. The third kappa shape index (κ3) is 10.4. The van der Waals surface area contributed by atoms with E-state index in [9.17, 15) is 4.79 Å². The number of benzene rings is 3. The largest absolute Gasteiger partial charge is 0.495 e. The van der Waals surface area contributed by atoms with Crippen LogP contribution in [0.15, 0.2) is 103 Å². The van der Waals surface area contributed by atoms with Crippen LogP contribution < -0.4 is 0 Å². The summed E-state index contributed by atoms with van der Waals surface area (Å²) in [4.78, 5) is 12.1. The van der Waals surface area contributed by atoms with E-state index in [1.54, 1.807) is 6.92 Å². The summed E-state index contributed by atoms with van der Waals surface area (Å²) in [5.74, 6) is -0.454. The van der Waals surface area contributed by atoms with Crippen LogP contribution in [0.3, 0.4) is 0 Å². The number of carbonyl (C=O) groups excluding carboxylic acids is 1. The fourth-order valence-corrected chi connectivity index (χ4v) is 7.67. The lowest BCUT2D eigenvalue weighted by atomic mass is 9.88. The van der Waals surface area contributed by atoms with Crippen LogP contribution in [0.25, 0.3) is 0 Å². The van der Waals surface area contributed by atoms with Gasteiger partial charge in [-0.15, -0.1) is 0 Å². The Hall–Kier alpha value is -2.84. The minimum Gasteiger partial charge on any atom is -0.495 e. The van der Waals surface area contributed by atoms with Crippen molar-refractivity contribution in [2.45, 2.75) is 107 Å². The van der Waals surface area contributed by atoms with Crippen LogP contribution in [0, 0.1) is 0 Å². The van der Waals surface area contributed by atoms with Gasteiger partial charge in [0.2, 0.25) is 0 Å². The molecule has 9 atom stereocenters. The van der Waals surface area contributed by atoms with Gasteiger partial charge in [0.1, 0.15) is 23.9 Å². The molecule has 10 heteroatoms. The van der Waals surface area contributed by atoms with Gasteiger partial charge < -0.3 is 37.9 Å². The molecule has 0 amide bonds. The van der Waals surface area contributed by atoms with Crippen molar-refractivity contribution in [2.24, 2.45) is 0 Å². The van der Waals surface area contributed by atoms with Gasteiger partial charge in [0.15, 0.2) is 0 Å². The zero-order valence-electron chi connectivity index (χ0n) is 29.3. The maximum absolute atomic E-state index is 12.1.